The van der Waals surface area contributed by atoms with Crippen molar-refractivity contribution in [3.8, 4) is 0 Å². The fraction of sp³-hybridized carbons (Fsp3) is 0. The summed E-state index contributed by atoms with van der Waals surface area (Å²) in [4.78, 5) is 0. The zero-order chi connectivity index (χ0) is 25.2. The molecule has 0 aromatic carbocycles. The van der Waals surface area contributed by atoms with E-state index < -0.39 is 0 Å². The van der Waals surface area contributed by atoms with Crippen LogP contribution in [-0.2, 0) is 0 Å². The largest absolute Gasteiger partial charge is 0.122 e. The molecular formula is C24H12Br2S11. The van der Waals surface area contributed by atoms with E-state index in [2.05, 4.69) is 105 Å². The molecule has 0 bridgehead atoms. The molecule has 37 heavy (non-hydrogen) atoms. The summed E-state index contributed by atoms with van der Waals surface area (Å²) in [5, 5.41) is 0. The van der Waals surface area contributed by atoms with Gasteiger partial charge in [-0.3, -0.25) is 0 Å². The SMILES string of the molecule is Brc1ccc(Sc2ccc(Sc3ccc(Sc4ccc(Sc5ccc(Sc6ccc(Br)s6)s5)s4)s3)s2)s1. The lowest BCUT2D eigenvalue weighted by molar-refractivity contribution is 1.62. The lowest BCUT2D eigenvalue weighted by Gasteiger charge is -1.95. The Bertz CT molecular complexity index is 1490. The van der Waals surface area contributed by atoms with Crippen LogP contribution in [0.3, 0.4) is 0 Å². The molecule has 0 atom stereocenters. The Morgan fingerprint density at radius 2 is 0.486 bits per heavy atom. The Hall–Kier alpha value is 0.910. The third-order valence-corrected chi connectivity index (χ3v) is 18.2. The molecule has 0 aliphatic heterocycles. The molecule has 0 saturated heterocycles. The Balaban J connectivity index is 1.02. The van der Waals surface area contributed by atoms with E-state index in [9.17, 15) is 0 Å². The van der Waals surface area contributed by atoms with Crippen LogP contribution < -0.4 is 0 Å². The van der Waals surface area contributed by atoms with Gasteiger partial charge in [0.1, 0.15) is 0 Å². The minimum Gasteiger partial charge on any atom is -0.122 e. The average Bonchev–Trinajstić information content (AvgIpc) is 3.69. The van der Waals surface area contributed by atoms with Gasteiger partial charge in [0.15, 0.2) is 0 Å². The second-order valence-corrected chi connectivity index (χ2v) is 24.2. The van der Waals surface area contributed by atoms with Crippen LogP contribution in [-0.4, -0.2) is 0 Å². The Morgan fingerprint density at radius 1 is 0.297 bits per heavy atom. The van der Waals surface area contributed by atoms with Crippen LogP contribution in [0, 0.1) is 0 Å². The molecular weight excluding hydrogens is 801 g/mol. The second kappa shape index (κ2) is 13.3. The third kappa shape index (κ3) is 8.02. The molecule has 6 heterocycles. The van der Waals surface area contributed by atoms with Crippen molar-refractivity contribution in [2.24, 2.45) is 0 Å². The lowest BCUT2D eigenvalue weighted by atomic mass is 10.7. The van der Waals surface area contributed by atoms with Gasteiger partial charge in [0.25, 0.3) is 0 Å². The van der Waals surface area contributed by atoms with Crippen LogP contribution in [0.5, 0.6) is 0 Å². The summed E-state index contributed by atoms with van der Waals surface area (Å²) >= 11 is 27.4. The highest BCUT2D eigenvalue weighted by Gasteiger charge is 2.11. The highest BCUT2D eigenvalue weighted by Crippen LogP contribution is 2.48. The predicted molar refractivity (Wildman–Crippen MR) is 182 cm³/mol. The van der Waals surface area contributed by atoms with Crippen molar-refractivity contribution in [2.75, 3.05) is 0 Å². The molecule has 0 nitrogen and oxygen atoms in total. The fourth-order valence-electron chi connectivity index (χ4n) is 2.85. The Morgan fingerprint density at radius 3 is 0.676 bits per heavy atom. The molecule has 188 valence electrons. The zero-order valence-electron chi connectivity index (χ0n) is 18.2. The van der Waals surface area contributed by atoms with Gasteiger partial charge >= 0.3 is 0 Å². The molecule has 13 heteroatoms. The maximum atomic E-state index is 3.55. The Kier molecular flexibility index (Phi) is 10.1. The standard InChI is InChI=1S/C24H12Br2S11/c25-13-1-3-15(27-13)29-17-5-7-19(31-17)33-21-9-11-23(35-21)37-24-12-10-22(36-24)34-20-8-6-18(32-20)30-16-4-2-14(26)28-16/h1-12H. The van der Waals surface area contributed by atoms with E-state index in [4.69, 9.17) is 0 Å². The summed E-state index contributed by atoms with van der Waals surface area (Å²) in [7, 11) is 0. The summed E-state index contributed by atoms with van der Waals surface area (Å²) in [5.74, 6) is 0. The van der Waals surface area contributed by atoms with E-state index in [1.165, 1.54) is 49.7 Å². The smallest absolute Gasteiger partial charge is 0.0710 e. The van der Waals surface area contributed by atoms with Crippen molar-refractivity contribution in [2.45, 2.75) is 42.1 Å². The van der Waals surface area contributed by atoms with Crippen LogP contribution in [0.4, 0.5) is 0 Å². The molecule has 0 fully saturated rings. The van der Waals surface area contributed by atoms with Crippen molar-refractivity contribution >= 4 is 159 Å². The average molecular weight is 813 g/mol. The number of thiophene rings is 6. The van der Waals surface area contributed by atoms with E-state index in [0.717, 1.165) is 0 Å². The fourth-order valence-corrected chi connectivity index (χ4v) is 18.4. The highest BCUT2D eigenvalue weighted by atomic mass is 79.9. The van der Waals surface area contributed by atoms with Crippen molar-refractivity contribution < 1.29 is 0 Å². The van der Waals surface area contributed by atoms with Crippen molar-refractivity contribution in [3.05, 3.63) is 80.4 Å². The van der Waals surface area contributed by atoms with Gasteiger partial charge in [-0.15, -0.1) is 68.0 Å². The molecule has 0 amide bonds. The minimum absolute atomic E-state index is 1.18. The van der Waals surface area contributed by atoms with E-state index in [1.807, 2.05) is 104 Å². The van der Waals surface area contributed by atoms with Gasteiger partial charge in [-0.25, -0.2) is 0 Å². The van der Waals surface area contributed by atoms with Gasteiger partial charge in [-0.05, 0) is 105 Å². The molecule has 0 N–H and O–H groups in total. The van der Waals surface area contributed by atoms with E-state index in [-0.39, 0.29) is 0 Å². The predicted octanol–water partition coefficient (Wildman–Crippen LogP) is 14.3. The number of rotatable bonds is 10. The van der Waals surface area contributed by atoms with Gasteiger partial charge < -0.3 is 0 Å². The summed E-state index contributed by atoms with van der Waals surface area (Å²) in [6, 6.07) is 26.5. The van der Waals surface area contributed by atoms with Gasteiger partial charge in [0, 0.05) is 0 Å². The summed E-state index contributed by atoms with van der Waals surface area (Å²) in [6.07, 6.45) is 0. The van der Waals surface area contributed by atoms with Gasteiger partial charge in [-0.2, -0.15) is 0 Å². The first-order valence-corrected chi connectivity index (χ1v) is 20.9. The molecule has 6 aromatic heterocycles. The molecule has 0 aliphatic carbocycles. The summed E-state index contributed by atoms with van der Waals surface area (Å²) < 4.78 is 15.7. The summed E-state index contributed by atoms with van der Waals surface area (Å²) in [6.45, 7) is 0. The molecule has 0 saturated carbocycles. The molecule has 6 aromatic rings. The van der Waals surface area contributed by atoms with Crippen molar-refractivity contribution in [1.82, 2.24) is 0 Å². The van der Waals surface area contributed by atoms with Crippen LogP contribution in [0.25, 0.3) is 0 Å². The molecule has 0 aliphatic rings. The zero-order valence-corrected chi connectivity index (χ0v) is 30.3. The Labute approximate surface area is 277 Å². The number of hydrogen-bond donors (Lipinski definition) is 0. The van der Waals surface area contributed by atoms with E-state index in [1.54, 1.807) is 22.7 Å². The number of halogens is 2. The first-order valence-electron chi connectivity index (χ1n) is 10.3. The van der Waals surface area contributed by atoms with Crippen LogP contribution in [0.2, 0.25) is 0 Å². The first-order chi connectivity index (χ1) is 18.0. The highest BCUT2D eigenvalue weighted by molar-refractivity contribution is 9.11. The third-order valence-electron chi connectivity index (χ3n) is 4.33. The summed E-state index contributed by atoms with van der Waals surface area (Å²) in [5.41, 5.74) is 0. The van der Waals surface area contributed by atoms with E-state index >= 15 is 0 Å². The minimum atomic E-state index is 1.18. The molecule has 6 rings (SSSR count). The molecule has 0 unspecified atom stereocenters. The normalized spacial score (nSPS) is 11.5. The van der Waals surface area contributed by atoms with Crippen LogP contribution >= 0.6 is 159 Å². The quantitative estimate of drug-likeness (QED) is 0.135. The maximum absolute atomic E-state index is 3.55. The second-order valence-electron chi connectivity index (χ2n) is 6.92. The number of hydrogen-bond acceptors (Lipinski definition) is 11. The monoisotopic (exact) mass is 810 g/mol. The lowest BCUT2D eigenvalue weighted by Crippen LogP contribution is -1.57. The van der Waals surface area contributed by atoms with E-state index in [0.29, 0.717) is 0 Å². The molecule has 0 spiro atoms. The molecule has 0 radical (unpaired) electrons. The van der Waals surface area contributed by atoms with Crippen LogP contribution in [0.15, 0.2) is 122 Å². The topological polar surface area (TPSA) is 0 Å². The van der Waals surface area contributed by atoms with Gasteiger partial charge in [0.05, 0.1) is 49.7 Å². The van der Waals surface area contributed by atoms with Crippen molar-refractivity contribution in [3.63, 3.8) is 0 Å². The first kappa shape index (κ1) is 28.0. The van der Waals surface area contributed by atoms with Crippen LogP contribution in [0.1, 0.15) is 0 Å². The maximum Gasteiger partial charge on any atom is 0.0710 e. The van der Waals surface area contributed by atoms with Gasteiger partial charge in [-0.1, -0.05) is 58.8 Å². The van der Waals surface area contributed by atoms with Gasteiger partial charge in [0.2, 0.25) is 0 Å². The van der Waals surface area contributed by atoms with Crippen molar-refractivity contribution in [1.29, 1.82) is 0 Å².